The maximum absolute atomic E-state index is 13.4. The van der Waals surface area contributed by atoms with Gasteiger partial charge in [-0.15, -0.1) is 10.2 Å². The molecule has 1 aromatic heterocycles. The monoisotopic (exact) mass is 512 g/mol. The normalized spacial score (nSPS) is 12.2. The summed E-state index contributed by atoms with van der Waals surface area (Å²) in [5, 5.41) is 11.6. The van der Waals surface area contributed by atoms with E-state index in [2.05, 4.69) is 15.5 Å². The lowest BCUT2D eigenvalue weighted by Gasteiger charge is -2.15. The van der Waals surface area contributed by atoms with E-state index in [1.807, 2.05) is 37.3 Å². The Labute approximate surface area is 210 Å². The summed E-state index contributed by atoms with van der Waals surface area (Å²) >= 11 is 1.37. The van der Waals surface area contributed by atoms with Crippen molar-refractivity contribution in [3.05, 3.63) is 101 Å². The van der Waals surface area contributed by atoms with Crippen molar-refractivity contribution >= 4 is 17.7 Å². The van der Waals surface area contributed by atoms with E-state index in [0.717, 1.165) is 17.7 Å². The number of ether oxygens (including phenoxy) is 1. The lowest BCUT2D eigenvalue weighted by molar-refractivity contribution is -0.137. The average Bonchev–Trinajstić information content (AvgIpc) is 3.29. The topological polar surface area (TPSA) is 69.0 Å². The van der Waals surface area contributed by atoms with E-state index in [-0.39, 0.29) is 23.4 Å². The number of hydrogen-bond acceptors (Lipinski definition) is 5. The summed E-state index contributed by atoms with van der Waals surface area (Å²) in [4.78, 5) is 12.7. The van der Waals surface area contributed by atoms with E-state index >= 15 is 0 Å². The highest BCUT2D eigenvalue weighted by Gasteiger charge is 2.31. The van der Waals surface area contributed by atoms with E-state index < -0.39 is 11.7 Å². The van der Waals surface area contributed by atoms with E-state index in [1.54, 1.807) is 34.9 Å². The van der Waals surface area contributed by atoms with Gasteiger partial charge in [0.1, 0.15) is 5.75 Å². The highest BCUT2D eigenvalue weighted by atomic mass is 32.2. The van der Waals surface area contributed by atoms with Crippen molar-refractivity contribution in [2.45, 2.75) is 30.1 Å². The van der Waals surface area contributed by atoms with Gasteiger partial charge in [-0.25, -0.2) is 0 Å². The maximum atomic E-state index is 13.4. The third kappa shape index (κ3) is 5.88. The highest BCUT2D eigenvalue weighted by molar-refractivity contribution is 7.99. The van der Waals surface area contributed by atoms with Crippen LogP contribution < -0.4 is 10.1 Å². The maximum Gasteiger partial charge on any atom is 0.416 e. The van der Waals surface area contributed by atoms with Crippen LogP contribution in [0.3, 0.4) is 0 Å². The number of carbonyl (C=O) groups excluding carboxylic acids is 1. The van der Waals surface area contributed by atoms with Crippen molar-refractivity contribution < 1.29 is 22.7 Å². The summed E-state index contributed by atoms with van der Waals surface area (Å²) in [5.74, 6) is 0.562. The summed E-state index contributed by atoms with van der Waals surface area (Å²) < 4.78 is 46.9. The molecule has 1 heterocycles. The molecule has 6 nitrogen and oxygen atoms in total. The number of nitrogens with zero attached hydrogens (tertiary/aromatic N) is 3. The third-order valence-corrected chi connectivity index (χ3v) is 6.54. The van der Waals surface area contributed by atoms with Gasteiger partial charge in [0.2, 0.25) is 0 Å². The Morgan fingerprint density at radius 3 is 2.42 bits per heavy atom. The molecular weight excluding hydrogens is 489 g/mol. The number of hydrogen-bond donors (Lipinski definition) is 1. The molecule has 4 aromatic rings. The van der Waals surface area contributed by atoms with Crippen LogP contribution in [-0.2, 0) is 12.7 Å². The first-order chi connectivity index (χ1) is 17.3. The first kappa shape index (κ1) is 25.3. The molecule has 0 aliphatic carbocycles. The Morgan fingerprint density at radius 2 is 1.75 bits per heavy atom. The second-order valence-electron chi connectivity index (χ2n) is 7.86. The number of aromatic nitrogens is 3. The molecule has 1 unspecified atom stereocenters. The highest BCUT2D eigenvalue weighted by Crippen LogP contribution is 2.36. The van der Waals surface area contributed by atoms with Crippen LogP contribution in [-0.4, -0.2) is 27.8 Å². The molecule has 36 heavy (non-hydrogen) atoms. The molecule has 10 heteroatoms. The Balaban J connectivity index is 1.64. The van der Waals surface area contributed by atoms with Crippen LogP contribution in [0.25, 0.3) is 5.69 Å². The predicted octanol–water partition coefficient (Wildman–Crippen LogP) is 6.08. The largest absolute Gasteiger partial charge is 0.497 e. The summed E-state index contributed by atoms with van der Waals surface area (Å²) in [6, 6.07) is 21.2. The molecule has 0 radical (unpaired) electrons. The van der Waals surface area contributed by atoms with Crippen LogP contribution in [0.15, 0.2) is 84.0 Å². The number of alkyl halides is 3. The van der Waals surface area contributed by atoms with Gasteiger partial charge in [0.05, 0.1) is 24.9 Å². The Bertz CT molecular complexity index is 1330. The number of thioether (sulfide) groups is 1. The van der Waals surface area contributed by atoms with Crippen LogP contribution in [0.2, 0.25) is 0 Å². The molecule has 0 aliphatic heterocycles. The van der Waals surface area contributed by atoms with Gasteiger partial charge in [0.15, 0.2) is 11.0 Å². The second kappa shape index (κ2) is 10.9. The van der Waals surface area contributed by atoms with Gasteiger partial charge in [0, 0.05) is 10.8 Å². The van der Waals surface area contributed by atoms with Crippen LogP contribution in [0, 0.1) is 0 Å². The lowest BCUT2D eigenvalue weighted by Crippen LogP contribution is -2.24. The van der Waals surface area contributed by atoms with Crippen LogP contribution in [0.1, 0.15) is 39.5 Å². The molecular formula is C26H23F3N4O2S. The summed E-state index contributed by atoms with van der Waals surface area (Å²) in [5.41, 5.74) is 0.920. The van der Waals surface area contributed by atoms with Crippen molar-refractivity contribution in [3.63, 3.8) is 0 Å². The summed E-state index contributed by atoms with van der Waals surface area (Å²) in [6.07, 6.45) is -4.50. The van der Waals surface area contributed by atoms with Gasteiger partial charge in [-0.2, -0.15) is 13.2 Å². The van der Waals surface area contributed by atoms with Crippen molar-refractivity contribution in [2.24, 2.45) is 0 Å². The van der Waals surface area contributed by atoms with Crippen molar-refractivity contribution in [1.29, 1.82) is 0 Å². The zero-order chi connectivity index (χ0) is 25.7. The minimum atomic E-state index is -4.50. The fourth-order valence-corrected chi connectivity index (χ4v) is 4.54. The van der Waals surface area contributed by atoms with Crippen LogP contribution in [0.4, 0.5) is 13.2 Å². The van der Waals surface area contributed by atoms with Crippen LogP contribution in [0.5, 0.6) is 5.75 Å². The molecule has 0 aliphatic rings. The van der Waals surface area contributed by atoms with Gasteiger partial charge >= 0.3 is 6.18 Å². The van der Waals surface area contributed by atoms with Crippen molar-refractivity contribution in [2.75, 3.05) is 7.11 Å². The fraction of sp³-hybridized carbons (Fsp3) is 0.192. The number of methoxy groups -OCH3 is 1. The minimum absolute atomic E-state index is 0.0333. The Morgan fingerprint density at radius 1 is 1.03 bits per heavy atom. The quantitative estimate of drug-likeness (QED) is 0.290. The van der Waals surface area contributed by atoms with E-state index in [0.29, 0.717) is 22.3 Å². The average molecular weight is 513 g/mol. The molecule has 0 bridgehead atoms. The molecule has 186 valence electrons. The van der Waals surface area contributed by atoms with Gasteiger partial charge in [-0.05, 0) is 55.0 Å². The molecule has 1 amide bonds. The molecule has 4 rings (SSSR count). The molecule has 0 fully saturated rings. The summed E-state index contributed by atoms with van der Waals surface area (Å²) in [6.45, 7) is 1.95. The number of halogens is 3. The Hall–Kier alpha value is -3.79. The fourth-order valence-electron chi connectivity index (χ4n) is 3.53. The zero-order valence-corrected chi connectivity index (χ0v) is 20.3. The molecule has 1 atom stereocenters. The second-order valence-corrected chi connectivity index (χ2v) is 9.17. The first-order valence-corrected chi connectivity index (χ1v) is 11.9. The molecule has 0 saturated carbocycles. The van der Waals surface area contributed by atoms with Crippen molar-refractivity contribution in [3.8, 4) is 11.4 Å². The first-order valence-electron chi connectivity index (χ1n) is 11.0. The van der Waals surface area contributed by atoms with Gasteiger partial charge in [-0.3, -0.25) is 9.36 Å². The standard InChI is InChI=1S/C26H23F3N4O2S/c1-17(18-7-4-3-5-8-18)36-25-32-31-23(16-30-24(34)19-11-13-22(35-2)14-12-19)33(25)21-10-6-9-20(15-21)26(27,28)29/h3-15,17H,16H2,1-2H3,(H,30,34). The smallest absolute Gasteiger partial charge is 0.416 e. The number of nitrogens with one attached hydrogen (secondary N) is 1. The molecule has 1 N–H and O–H groups in total. The van der Waals surface area contributed by atoms with E-state index in [9.17, 15) is 18.0 Å². The zero-order valence-electron chi connectivity index (χ0n) is 19.5. The SMILES string of the molecule is COc1ccc(C(=O)NCc2nnc(SC(C)c3ccccc3)n2-c2cccc(C(F)(F)F)c2)cc1. The van der Waals surface area contributed by atoms with E-state index in [4.69, 9.17) is 4.74 Å². The molecule has 3 aromatic carbocycles. The van der Waals surface area contributed by atoms with Crippen LogP contribution >= 0.6 is 11.8 Å². The Kier molecular flexibility index (Phi) is 7.64. The predicted molar refractivity (Wildman–Crippen MR) is 131 cm³/mol. The number of benzene rings is 3. The van der Waals surface area contributed by atoms with Gasteiger partial charge < -0.3 is 10.1 Å². The van der Waals surface area contributed by atoms with E-state index in [1.165, 1.54) is 24.9 Å². The molecule has 0 spiro atoms. The number of rotatable bonds is 8. The lowest BCUT2D eigenvalue weighted by atomic mass is 10.2. The van der Waals surface area contributed by atoms with Crippen molar-refractivity contribution in [1.82, 2.24) is 20.1 Å². The third-order valence-electron chi connectivity index (χ3n) is 5.44. The number of carbonyl (C=O) groups is 1. The minimum Gasteiger partial charge on any atom is -0.497 e. The number of amides is 1. The summed E-state index contributed by atoms with van der Waals surface area (Å²) in [7, 11) is 1.53. The van der Waals surface area contributed by atoms with Gasteiger partial charge in [0.25, 0.3) is 5.91 Å². The molecule has 0 saturated heterocycles. The van der Waals surface area contributed by atoms with Gasteiger partial charge in [-0.1, -0.05) is 48.2 Å².